The van der Waals surface area contributed by atoms with Crippen molar-refractivity contribution in [3.63, 3.8) is 0 Å². The van der Waals surface area contributed by atoms with Crippen LogP contribution in [-0.4, -0.2) is 23.7 Å². The molecule has 0 spiro atoms. The van der Waals surface area contributed by atoms with E-state index in [4.69, 9.17) is 5.73 Å². The number of hydrogen-bond acceptors (Lipinski definition) is 3. The Morgan fingerprint density at radius 2 is 1.44 bits per heavy atom. The van der Waals surface area contributed by atoms with E-state index >= 15 is 0 Å². The van der Waals surface area contributed by atoms with Crippen molar-refractivity contribution >= 4 is 0 Å². The van der Waals surface area contributed by atoms with Crippen molar-refractivity contribution in [2.75, 3.05) is 6.54 Å². The average Bonchev–Trinajstić information content (AvgIpc) is 2.69. The Morgan fingerprint density at radius 3 is 2.04 bits per heavy atom. The largest absolute Gasteiger partial charge is 0.387 e. The first-order valence-electron chi connectivity index (χ1n) is 10.4. The molecule has 0 radical (unpaired) electrons. The Kier molecular flexibility index (Phi) is 9.54. The lowest BCUT2D eigenvalue weighted by atomic mass is 10.0. The van der Waals surface area contributed by atoms with Gasteiger partial charge in [-0.15, -0.1) is 0 Å². The molecular formula is C24H36N2O. The number of benzene rings is 2. The van der Waals surface area contributed by atoms with Crippen LogP contribution in [0.5, 0.6) is 0 Å². The molecule has 0 saturated carbocycles. The summed E-state index contributed by atoms with van der Waals surface area (Å²) in [6, 6.07) is 19.3. The summed E-state index contributed by atoms with van der Waals surface area (Å²) in [5.41, 5.74) is 9.33. The van der Waals surface area contributed by atoms with E-state index in [9.17, 15) is 5.11 Å². The number of aliphatic hydroxyl groups is 1. The molecule has 2 aromatic carbocycles. The first-order chi connectivity index (χ1) is 13.1. The molecule has 0 amide bonds. The van der Waals surface area contributed by atoms with E-state index in [0.29, 0.717) is 6.04 Å². The molecule has 4 N–H and O–H groups in total. The Morgan fingerprint density at radius 1 is 0.852 bits per heavy atom. The van der Waals surface area contributed by atoms with Gasteiger partial charge in [-0.3, -0.25) is 0 Å². The van der Waals surface area contributed by atoms with Crippen LogP contribution in [0.2, 0.25) is 0 Å². The third-order valence-electron chi connectivity index (χ3n) is 5.21. The fourth-order valence-electron chi connectivity index (χ4n) is 3.52. The van der Waals surface area contributed by atoms with Gasteiger partial charge in [0.2, 0.25) is 0 Å². The molecule has 3 atom stereocenters. The molecule has 2 rings (SSSR count). The highest BCUT2D eigenvalue weighted by Gasteiger charge is 2.17. The predicted octanol–water partition coefficient (Wildman–Crippen LogP) is 4.39. The molecule has 3 heteroatoms. The Bertz CT molecular complexity index is 627. The van der Waals surface area contributed by atoms with Crippen molar-refractivity contribution < 1.29 is 5.11 Å². The zero-order chi connectivity index (χ0) is 19.5. The van der Waals surface area contributed by atoms with Crippen LogP contribution in [-0.2, 0) is 12.8 Å². The number of nitrogens with two attached hydrogens (primary N) is 1. The number of aryl methyl sites for hydroxylation is 2. The standard InChI is InChI=1S/C24H36N2O/c1-19(26-20(2)24(27)23-12-4-3-5-13-23)9-8-11-22-16-14-21(15-17-22)10-6-7-18-25/h3-5,12-17,19-20,24,26-27H,6-11,18,25H2,1-2H3/t19?,20-,24-/m0/s1. The van der Waals surface area contributed by atoms with Gasteiger partial charge in [-0.1, -0.05) is 54.6 Å². The van der Waals surface area contributed by atoms with Crippen LogP contribution in [0.1, 0.15) is 62.3 Å². The number of rotatable bonds is 12. The van der Waals surface area contributed by atoms with Crippen LogP contribution in [0.4, 0.5) is 0 Å². The molecule has 2 aromatic rings. The van der Waals surface area contributed by atoms with Gasteiger partial charge in [-0.25, -0.2) is 0 Å². The van der Waals surface area contributed by atoms with Gasteiger partial charge in [0.05, 0.1) is 6.10 Å². The van der Waals surface area contributed by atoms with E-state index in [-0.39, 0.29) is 6.04 Å². The maximum absolute atomic E-state index is 10.5. The van der Waals surface area contributed by atoms with E-state index in [2.05, 4.69) is 43.4 Å². The van der Waals surface area contributed by atoms with Crippen LogP contribution in [0.15, 0.2) is 54.6 Å². The van der Waals surface area contributed by atoms with Gasteiger partial charge in [0.25, 0.3) is 0 Å². The second kappa shape index (κ2) is 11.9. The van der Waals surface area contributed by atoms with Crippen molar-refractivity contribution in [2.45, 2.75) is 70.6 Å². The summed E-state index contributed by atoms with van der Waals surface area (Å²) in [6.45, 7) is 5.04. The molecular weight excluding hydrogens is 332 g/mol. The summed E-state index contributed by atoms with van der Waals surface area (Å²) < 4.78 is 0. The highest BCUT2D eigenvalue weighted by Crippen LogP contribution is 2.17. The summed E-state index contributed by atoms with van der Waals surface area (Å²) in [4.78, 5) is 0. The fourth-order valence-corrected chi connectivity index (χ4v) is 3.52. The molecule has 3 nitrogen and oxygen atoms in total. The van der Waals surface area contributed by atoms with Gasteiger partial charge in [0.15, 0.2) is 0 Å². The summed E-state index contributed by atoms with van der Waals surface area (Å²) in [6.07, 6.45) is 6.28. The molecule has 0 aromatic heterocycles. The quantitative estimate of drug-likeness (QED) is 0.487. The molecule has 0 aliphatic carbocycles. The van der Waals surface area contributed by atoms with Gasteiger partial charge >= 0.3 is 0 Å². The minimum Gasteiger partial charge on any atom is -0.387 e. The maximum Gasteiger partial charge on any atom is 0.0940 e. The van der Waals surface area contributed by atoms with Crippen LogP contribution in [0, 0.1) is 0 Å². The van der Waals surface area contributed by atoms with E-state index in [0.717, 1.165) is 44.2 Å². The van der Waals surface area contributed by atoms with Crippen molar-refractivity contribution in [1.29, 1.82) is 0 Å². The zero-order valence-electron chi connectivity index (χ0n) is 16.9. The lowest BCUT2D eigenvalue weighted by Gasteiger charge is -2.24. The smallest absolute Gasteiger partial charge is 0.0940 e. The first-order valence-corrected chi connectivity index (χ1v) is 10.4. The zero-order valence-corrected chi connectivity index (χ0v) is 16.9. The van der Waals surface area contributed by atoms with E-state index in [1.165, 1.54) is 17.5 Å². The fraction of sp³-hybridized carbons (Fsp3) is 0.500. The van der Waals surface area contributed by atoms with Gasteiger partial charge < -0.3 is 16.2 Å². The molecule has 0 heterocycles. The Labute approximate surface area is 165 Å². The lowest BCUT2D eigenvalue weighted by molar-refractivity contribution is 0.129. The molecule has 0 saturated heterocycles. The summed E-state index contributed by atoms with van der Waals surface area (Å²) in [5.74, 6) is 0. The Hall–Kier alpha value is -1.68. The second-order valence-corrected chi connectivity index (χ2v) is 7.67. The van der Waals surface area contributed by atoms with Crippen LogP contribution in [0.25, 0.3) is 0 Å². The van der Waals surface area contributed by atoms with Gasteiger partial charge in [0, 0.05) is 12.1 Å². The highest BCUT2D eigenvalue weighted by molar-refractivity contribution is 5.23. The number of nitrogens with one attached hydrogen (secondary N) is 1. The monoisotopic (exact) mass is 368 g/mol. The van der Waals surface area contributed by atoms with Crippen molar-refractivity contribution in [3.8, 4) is 0 Å². The lowest BCUT2D eigenvalue weighted by Crippen LogP contribution is -2.38. The van der Waals surface area contributed by atoms with Gasteiger partial charge in [0.1, 0.15) is 0 Å². The highest BCUT2D eigenvalue weighted by atomic mass is 16.3. The van der Waals surface area contributed by atoms with E-state index in [1.807, 2.05) is 30.3 Å². The van der Waals surface area contributed by atoms with E-state index < -0.39 is 6.10 Å². The molecule has 0 bridgehead atoms. The Balaban J connectivity index is 1.68. The average molecular weight is 369 g/mol. The third-order valence-corrected chi connectivity index (χ3v) is 5.21. The maximum atomic E-state index is 10.5. The van der Waals surface area contributed by atoms with Crippen molar-refractivity contribution in [3.05, 3.63) is 71.3 Å². The topological polar surface area (TPSA) is 58.3 Å². The summed E-state index contributed by atoms with van der Waals surface area (Å²) in [5, 5.41) is 14.0. The summed E-state index contributed by atoms with van der Waals surface area (Å²) >= 11 is 0. The first kappa shape index (κ1) is 21.6. The van der Waals surface area contributed by atoms with Gasteiger partial charge in [-0.05, 0) is 75.6 Å². The minimum atomic E-state index is -0.472. The van der Waals surface area contributed by atoms with Crippen LogP contribution in [0.3, 0.4) is 0 Å². The number of aliphatic hydroxyl groups excluding tert-OH is 1. The minimum absolute atomic E-state index is 0.0372. The molecule has 1 unspecified atom stereocenters. The van der Waals surface area contributed by atoms with Crippen molar-refractivity contribution in [2.24, 2.45) is 5.73 Å². The SMILES string of the molecule is CC(CCCc1ccc(CCCCN)cc1)N[C@@H](C)[C@H](O)c1ccccc1. The summed E-state index contributed by atoms with van der Waals surface area (Å²) in [7, 11) is 0. The predicted molar refractivity (Wildman–Crippen MR) is 115 cm³/mol. The van der Waals surface area contributed by atoms with Crippen molar-refractivity contribution in [1.82, 2.24) is 5.32 Å². The van der Waals surface area contributed by atoms with E-state index in [1.54, 1.807) is 0 Å². The third kappa shape index (κ3) is 7.84. The van der Waals surface area contributed by atoms with Crippen LogP contribution >= 0.6 is 0 Å². The van der Waals surface area contributed by atoms with Crippen LogP contribution < -0.4 is 11.1 Å². The molecule has 0 aliphatic heterocycles. The molecule has 148 valence electrons. The molecule has 0 aliphatic rings. The molecule has 27 heavy (non-hydrogen) atoms. The number of hydrogen-bond donors (Lipinski definition) is 3. The normalized spacial score (nSPS) is 14.7. The molecule has 0 fully saturated rings. The van der Waals surface area contributed by atoms with Gasteiger partial charge in [-0.2, -0.15) is 0 Å². The number of unbranched alkanes of at least 4 members (excludes halogenated alkanes) is 1. The second-order valence-electron chi connectivity index (χ2n) is 7.67.